The number of hydrazone groups is 1. The number of hydrogen-bond donors (Lipinski definition) is 1. The van der Waals surface area contributed by atoms with Crippen LogP contribution in [0.15, 0.2) is 54.0 Å². The van der Waals surface area contributed by atoms with Crippen LogP contribution in [0.4, 0.5) is 0 Å². The standard InChI is InChI=1S/C12H10N4O.2H2O/c17-12(10-4-3-6-13-8-10)16-15-9-11-5-1-2-7-14-11;;/h1-9H,(H,16,17);2*1H2/b15-9+;;. The first kappa shape index (κ1) is 16.4. The lowest BCUT2D eigenvalue weighted by molar-refractivity contribution is 0.0955. The van der Waals surface area contributed by atoms with Gasteiger partial charge in [0.25, 0.3) is 5.91 Å². The molecule has 0 spiro atoms. The van der Waals surface area contributed by atoms with Crippen molar-refractivity contribution >= 4 is 12.1 Å². The van der Waals surface area contributed by atoms with Gasteiger partial charge in [-0.05, 0) is 24.3 Å². The molecule has 0 saturated carbocycles. The lowest BCUT2D eigenvalue weighted by Gasteiger charge is -1.97. The molecule has 0 unspecified atom stereocenters. The highest BCUT2D eigenvalue weighted by molar-refractivity contribution is 5.94. The molecule has 0 fully saturated rings. The molecule has 19 heavy (non-hydrogen) atoms. The van der Waals surface area contributed by atoms with Gasteiger partial charge >= 0.3 is 0 Å². The summed E-state index contributed by atoms with van der Waals surface area (Å²) < 4.78 is 0. The zero-order valence-electron chi connectivity index (χ0n) is 9.95. The molecule has 7 nitrogen and oxygen atoms in total. The number of carbonyl (C=O) groups excluding carboxylic acids is 1. The van der Waals surface area contributed by atoms with Gasteiger partial charge in [0.1, 0.15) is 0 Å². The number of pyridine rings is 2. The van der Waals surface area contributed by atoms with Gasteiger partial charge in [-0.15, -0.1) is 0 Å². The Morgan fingerprint density at radius 2 is 2.00 bits per heavy atom. The summed E-state index contributed by atoms with van der Waals surface area (Å²) in [7, 11) is 0. The normalized spacial score (nSPS) is 9.26. The van der Waals surface area contributed by atoms with Crippen LogP contribution in [0.25, 0.3) is 0 Å². The van der Waals surface area contributed by atoms with E-state index in [0.717, 1.165) is 0 Å². The van der Waals surface area contributed by atoms with Gasteiger partial charge in [0.15, 0.2) is 0 Å². The van der Waals surface area contributed by atoms with E-state index < -0.39 is 0 Å². The van der Waals surface area contributed by atoms with E-state index in [1.54, 1.807) is 30.6 Å². The average Bonchev–Trinajstić information content (AvgIpc) is 2.41. The molecule has 1 amide bonds. The molecule has 0 aliphatic carbocycles. The lowest BCUT2D eigenvalue weighted by atomic mass is 10.3. The van der Waals surface area contributed by atoms with Crippen LogP contribution in [0.2, 0.25) is 0 Å². The Labute approximate surface area is 109 Å². The van der Waals surface area contributed by atoms with Crippen LogP contribution >= 0.6 is 0 Å². The SMILES string of the molecule is O.O.O=C(N/N=C/c1ccccn1)c1cccnc1. The second kappa shape index (κ2) is 8.45. The molecule has 0 aliphatic heterocycles. The second-order valence-electron chi connectivity index (χ2n) is 3.20. The van der Waals surface area contributed by atoms with Crippen molar-refractivity contribution in [3.05, 3.63) is 60.2 Å². The van der Waals surface area contributed by atoms with Crippen LogP contribution in [0.5, 0.6) is 0 Å². The monoisotopic (exact) mass is 262 g/mol. The molecule has 0 aromatic carbocycles. The van der Waals surface area contributed by atoms with Gasteiger partial charge in [-0.3, -0.25) is 14.8 Å². The second-order valence-corrected chi connectivity index (χ2v) is 3.20. The molecule has 7 heteroatoms. The quantitative estimate of drug-likeness (QED) is 0.595. The Morgan fingerprint density at radius 1 is 1.16 bits per heavy atom. The largest absolute Gasteiger partial charge is 0.412 e. The maximum Gasteiger partial charge on any atom is 0.272 e. The van der Waals surface area contributed by atoms with Crippen molar-refractivity contribution in [2.45, 2.75) is 0 Å². The predicted molar refractivity (Wildman–Crippen MR) is 70.8 cm³/mol. The zero-order chi connectivity index (χ0) is 11.9. The number of hydrogen-bond acceptors (Lipinski definition) is 4. The van der Waals surface area contributed by atoms with Crippen molar-refractivity contribution in [3.8, 4) is 0 Å². The summed E-state index contributed by atoms with van der Waals surface area (Å²) in [5, 5.41) is 3.80. The van der Waals surface area contributed by atoms with Gasteiger partial charge in [0, 0.05) is 18.6 Å². The van der Waals surface area contributed by atoms with Crippen molar-refractivity contribution in [2.75, 3.05) is 0 Å². The average molecular weight is 262 g/mol. The van der Waals surface area contributed by atoms with Crippen molar-refractivity contribution in [1.82, 2.24) is 15.4 Å². The van der Waals surface area contributed by atoms with Crippen LogP contribution in [0, 0.1) is 0 Å². The van der Waals surface area contributed by atoms with Crippen LogP contribution in [0.3, 0.4) is 0 Å². The fraction of sp³-hybridized carbons (Fsp3) is 0. The van der Waals surface area contributed by atoms with Crippen molar-refractivity contribution in [3.63, 3.8) is 0 Å². The number of amides is 1. The summed E-state index contributed by atoms with van der Waals surface area (Å²) in [6, 6.07) is 8.80. The first-order chi connectivity index (χ1) is 8.36. The van der Waals surface area contributed by atoms with Crippen LogP contribution < -0.4 is 5.43 Å². The van der Waals surface area contributed by atoms with Gasteiger partial charge in [-0.1, -0.05) is 6.07 Å². The number of nitrogens with zero attached hydrogens (tertiary/aromatic N) is 3. The molecule has 0 radical (unpaired) electrons. The first-order valence-electron chi connectivity index (χ1n) is 5.01. The number of nitrogens with one attached hydrogen (secondary N) is 1. The molecule has 5 N–H and O–H groups in total. The third kappa shape index (κ3) is 5.02. The molecule has 2 rings (SSSR count). The third-order valence-electron chi connectivity index (χ3n) is 1.97. The molecule has 2 heterocycles. The van der Waals surface area contributed by atoms with Crippen molar-refractivity contribution in [2.24, 2.45) is 5.10 Å². The third-order valence-corrected chi connectivity index (χ3v) is 1.97. The summed E-state index contributed by atoms with van der Waals surface area (Å²) in [4.78, 5) is 19.4. The number of rotatable bonds is 3. The fourth-order valence-electron chi connectivity index (χ4n) is 1.17. The molecule has 0 aliphatic rings. The lowest BCUT2D eigenvalue weighted by Crippen LogP contribution is -2.17. The van der Waals surface area contributed by atoms with Crippen molar-refractivity contribution < 1.29 is 15.7 Å². The molecule has 2 aromatic rings. The number of aromatic nitrogens is 2. The molecule has 0 saturated heterocycles. The summed E-state index contributed by atoms with van der Waals surface area (Å²) >= 11 is 0. The van der Waals surface area contributed by atoms with E-state index >= 15 is 0 Å². The molecule has 0 atom stereocenters. The highest BCUT2D eigenvalue weighted by Gasteiger charge is 2.01. The molecule has 2 aromatic heterocycles. The molecule has 100 valence electrons. The summed E-state index contributed by atoms with van der Waals surface area (Å²) in [6.07, 6.45) is 6.22. The zero-order valence-corrected chi connectivity index (χ0v) is 9.95. The maximum absolute atomic E-state index is 11.5. The van der Waals surface area contributed by atoms with E-state index in [1.165, 1.54) is 12.4 Å². The molecule has 0 bridgehead atoms. The van der Waals surface area contributed by atoms with Crippen LogP contribution in [0.1, 0.15) is 16.1 Å². The Hall–Kier alpha value is -2.64. The summed E-state index contributed by atoms with van der Waals surface area (Å²) in [6.45, 7) is 0. The van der Waals surface area contributed by atoms with E-state index in [4.69, 9.17) is 0 Å². The summed E-state index contributed by atoms with van der Waals surface area (Å²) in [5.41, 5.74) is 3.54. The first-order valence-corrected chi connectivity index (χ1v) is 5.01. The van der Waals surface area contributed by atoms with E-state index in [2.05, 4.69) is 20.5 Å². The smallest absolute Gasteiger partial charge is 0.272 e. The molecular formula is C12H14N4O3. The molecular weight excluding hydrogens is 248 g/mol. The predicted octanol–water partition coefficient (Wildman–Crippen LogP) is -0.409. The highest BCUT2D eigenvalue weighted by Crippen LogP contribution is 1.94. The topological polar surface area (TPSA) is 130 Å². The van der Waals surface area contributed by atoms with E-state index in [-0.39, 0.29) is 16.9 Å². The van der Waals surface area contributed by atoms with E-state index in [9.17, 15) is 4.79 Å². The maximum atomic E-state index is 11.5. The Bertz CT molecular complexity index is 517. The fourth-order valence-corrected chi connectivity index (χ4v) is 1.17. The van der Waals surface area contributed by atoms with E-state index in [0.29, 0.717) is 11.3 Å². The van der Waals surface area contributed by atoms with Gasteiger partial charge in [-0.25, -0.2) is 5.43 Å². The minimum Gasteiger partial charge on any atom is -0.412 e. The Morgan fingerprint density at radius 3 is 2.63 bits per heavy atom. The minimum absolute atomic E-state index is 0. The highest BCUT2D eigenvalue weighted by atomic mass is 16.2. The Kier molecular flexibility index (Phi) is 7.28. The minimum atomic E-state index is -0.301. The van der Waals surface area contributed by atoms with Gasteiger partial charge in [0.2, 0.25) is 0 Å². The summed E-state index contributed by atoms with van der Waals surface area (Å²) in [5.74, 6) is -0.301. The van der Waals surface area contributed by atoms with Gasteiger partial charge < -0.3 is 11.0 Å². The Balaban J connectivity index is 0.00000162. The van der Waals surface area contributed by atoms with Crippen LogP contribution in [-0.4, -0.2) is 33.0 Å². The van der Waals surface area contributed by atoms with E-state index in [1.807, 2.05) is 12.1 Å². The van der Waals surface area contributed by atoms with Crippen molar-refractivity contribution in [1.29, 1.82) is 0 Å². The van der Waals surface area contributed by atoms with Crippen LogP contribution in [-0.2, 0) is 0 Å². The number of carbonyl (C=O) groups is 1. The van der Waals surface area contributed by atoms with Gasteiger partial charge in [0.05, 0.1) is 17.5 Å². The van der Waals surface area contributed by atoms with Gasteiger partial charge in [-0.2, -0.15) is 5.10 Å².